The first-order valence-electron chi connectivity index (χ1n) is 10.0. The average Bonchev–Trinajstić information content (AvgIpc) is 2.77. The number of ether oxygens (including phenoxy) is 3. The monoisotopic (exact) mass is 450 g/mol. The third kappa shape index (κ3) is 5.38. The topological polar surface area (TPSA) is 74.0 Å². The number of halogens is 3. The van der Waals surface area contributed by atoms with E-state index in [-0.39, 0.29) is 29.9 Å². The molecule has 0 unspecified atom stereocenters. The molecular formula is C22H21F3N2O5. The Morgan fingerprint density at radius 3 is 2.50 bits per heavy atom. The van der Waals surface area contributed by atoms with E-state index < -0.39 is 11.7 Å². The number of aromatic nitrogens is 1. The summed E-state index contributed by atoms with van der Waals surface area (Å²) in [6.07, 6.45) is -1.79. The highest BCUT2D eigenvalue weighted by molar-refractivity contribution is 5.85. The fourth-order valence-electron chi connectivity index (χ4n) is 3.33. The van der Waals surface area contributed by atoms with Crippen LogP contribution in [0.25, 0.3) is 10.9 Å². The highest BCUT2D eigenvalue weighted by Crippen LogP contribution is 2.33. The fraction of sp³-hybridized carbons (Fsp3) is 0.364. The zero-order chi connectivity index (χ0) is 22.6. The number of pyridine rings is 1. The Balaban J connectivity index is 1.33. The summed E-state index contributed by atoms with van der Waals surface area (Å²) < 4.78 is 60.5. The molecule has 0 N–H and O–H groups in total. The number of hydrogen-bond donors (Lipinski definition) is 0. The SMILES string of the molecule is O=c1cc(CN2CCOCC2)occ1OCCOc1ccnc2cc(C(F)(F)F)ccc12. The standard InChI is InChI=1S/C22H21F3N2O5/c23-22(24,25)15-1-2-17-18(11-15)26-4-3-20(17)30-9-10-31-21-14-32-16(12-19(21)28)13-27-5-7-29-8-6-27/h1-4,11-12,14H,5-10,13H2. The number of morpholine rings is 1. The van der Waals surface area contributed by atoms with Gasteiger partial charge in [-0.1, -0.05) is 0 Å². The van der Waals surface area contributed by atoms with Crippen molar-refractivity contribution in [3.05, 3.63) is 64.3 Å². The molecule has 0 atom stereocenters. The summed E-state index contributed by atoms with van der Waals surface area (Å²) in [6, 6.07) is 6.24. The molecule has 1 aromatic carbocycles. The summed E-state index contributed by atoms with van der Waals surface area (Å²) in [6.45, 7) is 3.52. The molecule has 1 saturated heterocycles. The Bertz CT molecular complexity index is 1130. The van der Waals surface area contributed by atoms with Crippen molar-refractivity contribution in [3.8, 4) is 11.5 Å². The number of hydrogen-bond acceptors (Lipinski definition) is 7. The van der Waals surface area contributed by atoms with Crippen LogP contribution in [0.5, 0.6) is 11.5 Å². The number of nitrogens with zero attached hydrogens (tertiary/aromatic N) is 2. The van der Waals surface area contributed by atoms with Gasteiger partial charge < -0.3 is 18.6 Å². The summed E-state index contributed by atoms with van der Waals surface area (Å²) in [5.74, 6) is 0.982. The van der Waals surface area contributed by atoms with E-state index in [0.29, 0.717) is 36.7 Å². The molecule has 170 valence electrons. The van der Waals surface area contributed by atoms with Gasteiger partial charge in [-0.15, -0.1) is 0 Å². The van der Waals surface area contributed by atoms with Crippen molar-refractivity contribution in [1.82, 2.24) is 9.88 Å². The summed E-state index contributed by atoms with van der Waals surface area (Å²) in [5, 5.41) is 0.451. The van der Waals surface area contributed by atoms with Crippen molar-refractivity contribution in [1.29, 1.82) is 0 Å². The van der Waals surface area contributed by atoms with Crippen LogP contribution in [0.3, 0.4) is 0 Å². The van der Waals surface area contributed by atoms with Crippen LogP contribution < -0.4 is 14.9 Å². The van der Waals surface area contributed by atoms with E-state index >= 15 is 0 Å². The predicted molar refractivity (Wildman–Crippen MR) is 109 cm³/mol. The van der Waals surface area contributed by atoms with Crippen LogP contribution >= 0.6 is 0 Å². The highest BCUT2D eigenvalue weighted by atomic mass is 19.4. The molecule has 0 radical (unpaired) electrons. The minimum absolute atomic E-state index is 0.0536. The second-order valence-corrected chi connectivity index (χ2v) is 7.20. The molecular weight excluding hydrogens is 429 g/mol. The van der Waals surface area contributed by atoms with Gasteiger partial charge in [-0.05, 0) is 24.3 Å². The lowest BCUT2D eigenvalue weighted by atomic mass is 10.1. The molecule has 0 spiro atoms. The van der Waals surface area contributed by atoms with E-state index in [4.69, 9.17) is 18.6 Å². The minimum Gasteiger partial charge on any atom is -0.489 e. The van der Waals surface area contributed by atoms with Gasteiger partial charge in [0.2, 0.25) is 11.2 Å². The quantitative estimate of drug-likeness (QED) is 0.510. The van der Waals surface area contributed by atoms with Gasteiger partial charge in [0, 0.05) is 30.7 Å². The van der Waals surface area contributed by atoms with E-state index in [9.17, 15) is 18.0 Å². The first-order valence-corrected chi connectivity index (χ1v) is 10.0. The van der Waals surface area contributed by atoms with Crippen molar-refractivity contribution in [3.63, 3.8) is 0 Å². The number of alkyl halides is 3. The van der Waals surface area contributed by atoms with E-state index in [1.807, 2.05) is 0 Å². The van der Waals surface area contributed by atoms with Gasteiger partial charge in [0.15, 0.2) is 0 Å². The fourth-order valence-corrected chi connectivity index (χ4v) is 3.33. The molecule has 0 bridgehead atoms. The maximum Gasteiger partial charge on any atom is 0.416 e. The van der Waals surface area contributed by atoms with Crippen molar-refractivity contribution in [2.75, 3.05) is 39.5 Å². The van der Waals surface area contributed by atoms with Gasteiger partial charge >= 0.3 is 6.18 Å². The summed E-state index contributed by atoms with van der Waals surface area (Å²) in [7, 11) is 0. The minimum atomic E-state index is -4.45. The van der Waals surface area contributed by atoms with Crippen LogP contribution in [0.2, 0.25) is 0 Å². The Hall–Kier alpha value is -3.11. The first kappa shape index (κ1) is 22.1. The molecule has 32 heavy (non-hydrogen) atoms. The summed E-state index contributed by atoms with van der Waals surface area (Å²) >= 11 is 0. The molecule has 1 fully saturated rings. The molecule has 1 aliphatic rings. The normalized spacial score (nSPS) is 15.1. The molecule has 1 aliphatic heterocycles. The number of benzene rings is 1. The van der Waals surface area contributed by atoms with Crippen LogP contribution in [0.4, 0.5) is 13.2 Å². The van der Waals surface area contributed by atoms with Crippen LogP contribution in [0.1, 0.15) is 11.3 Å². The van der Waals surface area contributed by atoms with Crippen molar-refractivity contribution in [2.24, 2.45) is 0 Å². The van der Waals surface area contributed by atoms with Crippen molar-refractivity contribution >= 4 is 10.9 Å². The average molecular weight is 450 g/mol. The maximum atomic E-state index is 12.9. The van der Waals surface area contributed by atoms with Crippen molar-refractivity contribution in [2.45, 2.75) is 12.7 Å². The van der Waals surface area contributed by atoms with Crippen molar-refractivity contribution < 1.29 is 31.8 Å². The van der Waals surface area contributed by atoms with Gasteiger partial charge in [0.1, 0.15) is 31.0 Å². The Morgan fingerprint density at radius 1 is 1.03 bits per heavy atom. The van der Waals surface area contributed by atoms with Crippen LogP contribution in [-0.4, -0.2) is 49.4 Å². The molecule has 4 rings (SSSR count). The zero-order valence-corrected chi connectivity index (χ0v) is 17.1. The maximum absolute atomic E-state index is 12.9. The number of rotatable bonds is 7. The van der Waals surface area contributed by atoms with E-state index in [0.717, 1.165) is 25.2 Å². The molecule has 3 aromatic rings. The van der Waals surface area contributed by atoms with E-state index in [1.54, 1.807) is 6.07 Å². The molecule has 2 aromatic heterocycles. The first-order chi connectivity index (χ1) is 15.4. The third-order valence-corrected chi connectivity index (χ3v) is 4.96. The predicted octanol–water partition coefficient (Wildman–Crippen LogP) is 3.50. The molecule has 0 saturated carbocycles. The lowest BCUT2D eigenvalue weighted by molar-refractivity contribution is -0.137. The smallest absolute Gasteiger partial charge is 0.416 e. The largest absolute Gasteiger partial charge is 0.489 e. The Morgan fingerprint density at radius 2 is 1.78 bits per heavy atom. The van der Waals surface area contributed by atoms with Gasteiger partial charge in [-0.25, -0.2) is 0 Å². The van der Waals surface area contributed by atoms with Crippen LogP contribution in [0, 0.1) is 0 Å². The summed E-state index contributed by atoms with van der Waals surface area (Å²) in [5.41, 5.74) is -0.898. The molecule has 3 heterocycles. The highest BCUT2D eigenvalue weighted by Gasteiger charge is 2.30. The van der Waals surface area contributed by atoms with E-state index in [1.165, 1.54) is 24.6 Å². The molecule has 0 amide bonds. The van der Waals surface area contributed by atoms with E-state index in [2.05, 4.69) is 9.88 Å². The number of fused-ring (bicyclic) bond motifs is 1. The second kappa shape index (κ2) is 9.58. The Kier molecular flexibility index (Phi) is 6.61. The van der Waals surface area contributed by atoms with Crippen LogP contribution in [-0.2, 0) is 17.5 Å². The van der Waals surface area contributed by atoms with Gasteiger partial charge in [-0.2, -0.15) is 13.2 Å². The van der Waals surface area contributed by atoms with Gasteiger partial charge in [0.25, 0.3) is 0 Å². The zero-order valence-electron chi connectivity index (χ0n) is 17.1. The lowest BCUT2D eigenvalue weighted by Gasteiger charge is -2.25. The molecule has 7 nitrogen and oxygen atoms in total. The third-order valence-electron chi connectivity index (χ3n) is 4.96. The lowest BCUT2D eigenvalue weighted by Crippen LogP contribution is -2.35. The van der Waals surface area contributed by atoms with Crippen LogP contribution in [0.15, 0.2) is 52.0 Å². The second-order valence-electron chi connectivity index (χ2n) is 7.20. The summed E-state index contributed by atoms with van der Waals surface area (Å²) in [4.78, 5) is 18.4. The Labute approximate surface area is 181 Å². The van der Waals surface area contributed by atoms with Gasteiger partial charge in [0.05, 0.1) is 30.8 Å². The molecule has 0 aliphatic carbocycles. The molecule has 10 heteroatoms. The van der Waals surface area contributed by atoms with Gasteiger partial charge in [-0.3, -0.25) is 14.7 Å².